The lowest BCUT2D eigenvalue weighted by atomic mass is 9.98. The fourth-order valence-corrected chi connectivity index (χ4v) is 5.26. The molecule has 6 nitrogen and oxygen atoms in total. The summed E-state index contributed by atoms with van der Waals surface area (Å²) in [4.78, 5) is 19.9. The highest BCUT2D eigenvalue weighted by atomic mass is 32.1. The summed E-state index contributed by atoms with van der Waals surface area (Å²) in [5.74, 6) is 1.84. The van der Waals surface area contributed by atoms with Gasteiger partial charge in [-0.05, 0) is 63.1 Å². The maximum Gasteiger partial charge on any atom is 0.253 e. The molecule has 1 unspecified atom stereocenters. The summed E-state index contributed by atoms with van der Waals surface area (Å²) in [6, 6.07) is 15.6. The normalized spacial score (nSPS) is 16.4. The van der Waals surface area contributed by atoms with Gasteiger partial charge in [-0.25, -0.2) is 4.98 Å². The molecule has 32 heavy (non-hydrogen) atoms. The van der Waals surface area contributed by atoms with Gasteiger partial charge in [-0.15, -0.1) is 11.3 Å². The summed E-state index contributed by atoms with van der Waals surface area (Å²) in [5, 5.41) is 5.08. The minimum absolute atomic E-state index is 0.0630. The summed E-state index contributed by atoms with van der Waals surface area (Å²) < 4.78 is 12.2. The number of hydrogen-bond donors (Lipinski definition) is 0. The van der Waals surface area contributed by atoms with Crippen molar-refractivity contribution in [2.45, 2.75) is 39.2 Å². The zero-order valence-corrected chi connectivity index (χ0v) is 19.0. The first-order valence-corrected chi connectivity index (χ1v) is 11.7. The SMILES string of the molecule is Cc1noc(C)c1COc1ccc(C(=O)N2CCCC(c3nc4ccccc4s3)C2)cc1. The molecule has 5 rings (SSSR count). The van der Waals surface area contributed by atoms with E-state index >= 15 is 0 Å². The Hall–Kier alpha value is -3.19. The standard InChI is InChI=1S/C25H25N3O3S/c1-16-21(17(2)31-27-16)15-30-20-11-9-18(10-12-20)25(29)28-13-5-6-19(14-28)24-26-22-7-3-4-8-23(22)32-24/h3-4,7-12,19H,5-6,13-15H2,1-2H3. The highest BCUT2D eigenvalue weighted by Crippen LogP contribution is 2.33. The molecular formula is C25H25N3O3S. The van der Waals surface area contributed by atoms with Gasteiger partial charge in [-0.3, -0.25) is 4.79 Å². The van der Waals surface area contributed by atoms with E-state index in [1.165, 1.54) is 4.70 Å². The number of benzene rings is 2. The molecule has 1 saturated heterocycles. The Morgan fingerprint density at radius 1 is 1.19 bits per heavy atom. The van der Waals surface area contributed by atoms with Gasteiger partial charge < -0.3 is 14.2 Å². The minimum atomic E-state index is 0.0630. The Bertz CT molecular complexity index is 1190. The highest BCUT2D eigenvalue weighted by molar-refractivity contribution is 7.18. The van der Waals surface area contributed by atoms with Crippen LogP contribution in [0.15, 0.2) is 53.1 Å². The first-order chi connectivity index (χ1) is 15.6. The van der Waals surface area contributed by atoms with E-state index in [9.17, 15) is 4.79 Å². The number of piperidine rings is 1. The number of rotatable bonds is 5. The van der Waals surface area contributed by atoms with Crippen LogP contribution in [0.25, 0.3) is 10.2 Å². The summed E-state index contributed by atoms with van der Waals surface area (Å²) in [5.41, 5.74) is 3.52. The molecule has 0 radical (unpaired) electrons. The third kappa shape index (κ3) is 4.12. The lowest BCUT2D eigenvalue weighted by molar-refractivity contribution is 0.0707. The Labute approximate surface area is 190 Å². The molecule has 3 heterocycles. The molecule has 1 atom stereocenters. The predicted octanol–water partition coefficient (Wildman–Crippen LogP) is 5.50. The quantitative estimate of drug-likeness (QED) is 0.404. The van der Waals surface area contributed by atoms with Crippen LogP contribution in [0.3, 0.4) is 0 Å². The average Bonchev–Trinajstić information content (AvgIpc) is 3.40. The number of amides is 1. The molecule has 2 aromatic carbocycles. The van der Waals surface area contributed by atoms with Gasteiger partial charge in [0.05, 0.1) is 26.5 Å². The zero-order valence-electron chi connectivity index (χ0n) is 18.2. The maximum atomic E-state index is 13.1. The monoisotopic (exact) mass is 447 g/mol. The summed E-state index contributed by atoms with van der Waals surface area (Å²) >= 11 is 1.74. The number of fused-ring (bicyclic) bond motifs is 1. The van der Waals surface area contributed by atoms with Gasteiger partial charge in [-0.2, -0.15) is 0 Å². The van der Waals surface area contributed by atoms with E-state index in [1.807, 2.05) is 55.1 Å². The van der Waals surface area contributed by atoms with Gasteiger partial charge in [0, 0.05) is 24.6 Å². The van der Waals surface area contributed by atoms with Crippen molar-refractivity contribution in [2.75, 3.05) is 13.1 Å². The van der Waals surface area contributed by atoms with E-state index in [1.54, 1.807) is 11.3 Å². The van der Waals surface area contributed by atoms with Crippen molar-refractivity contribution in [3.63, 3.8) is 0 Å². The van der Waals surface area contributed by atoms with Crippen LogP contribution >= 0.6 is 11.3 Å². The molecule has 0 N–H and O–H groups in total. The molecule has 0 aliphatic carbocycles. The summed E-state index contributed by atoms with van der Waals surface area (Å²) in [6.45, 7) is 5.66. The van der Waals surface area contributed by atoms with Crippen molar-refractivity contribution in [1.82, 2.24) is 15.0 Å². The third-order valence-electron chi connectivity index (χ3n) is 6.03. The van der Waals surface area contributed by atoms with Crippen LogP contribution in [0.5, 0.6) is 5.75 Å². The Morgan fingerprint density at radius 2 is 2.00 bits per heavy atom. The molecule has 0 saturated carbocycles. The lowest BCUT2D eigenvalue weighted by Gasteiger charge is -2.32. The van der Waals surface area contributed by atoms with E-state index in [-0.39, 0.29) is 5.91 Å². The average molecular weight is 448 g/mol. The van der Waals surface area contributed by atoms with Gasteiger partial charge in [-0.1, -0.05) is 17.3 Å². The molecule has 2 aromatic heterocycles. The van der Waals surface area contributed by atoms with Gasteiger partial charge in [0.1, 0.15) is 18.1 Å². The first-order valence-electron chi connectivity index (χ1n) is 10.9. The fourth-order valence-electron chi connectivity index (χ4n) is 4.17. The molecule has 1 fully saturated rings. The zero-order chi connectivity index (χ0) is 22.1. The molecule has 0 bridgehead atoms. The van der Waals surface area contributed by atoms with Crippen LogP contribution in [-0.4, -0.2) is 34.0 Å². The number of aromatic nitrogens is 2. The number of likely N-dealkylation sites (tertiary alicyclic amines) is 1. The van der Waals surface area contributed by atoms with Crippen molar-refractivity contribution >= 4 is 27.5 Å². The molecule has 164 valence electrons. The van der Waals surface area contributed by atoms with Crippen LogP contribution in [0, 0.1) is 13.8 Å². The molecule has 1 aliphatic heterocycles. The van der Waals surface area contributed by atoms with Gasteiger partial charge >= 0.3 is 0 Å². The number of ether oxygens (including phenoxy) is 1. The molecule has 0 spiro atoms. The summed E-state index contributed by atoms with van der Waals surface area (Å²) in [6.07, 6.45) is 2.06. The molecule has 7 heteroatoms. The van der Waals surface area contributed by atoms with Crippen molar-refractivity contribution in [3.05, 3.63) is 76.1 Å². The molecule has 4 aromatic rings. The van der Waals surface area contributed by atoms with Gasteiger partial charge in [0.15, 0.2) is 0 Å². The molecule has 1 aliphatic rings. The second-order valence-electron chi connectivity index (χ2n) is 8.23. The van der Waals surface area contributed by atoms with Crippen molar-refractivity contribution < 1.29 is 14.1 Å². The topological polar surface area (TPSA) is 68.5 Å². The van der Waals surface area contributed by atoms with Crippen LogP contribution < -0.4 is 4.74 Å². The Morgan fingerprint density at radius 3 is 2.75 bits per heavy atom. The summed E-state index contributed by atoms with van der Waals surface area (Å²) in [7, 11) is 0. The highest BCUT2D eigenvalue weighted by Gasteiger charge is 2.27. The minimum Gasteiger partial charge on any atom is -0.489 e. The first kappa shape index (κ1) is 20.7. The smallest absolute Gasteiger partial charge is 0.253 e. The number of para-hydroxylation sites is 1. The number of hydrogen-bond acceptors (Lipinski definition) is 6. The maximum absolute atomic E-state index is 13.1. The Balaban J connectivity index is 1.24. The molecule has 1 amide bonds. The van der Waals surface area contributed by atoms with E-state index in [2.05, 4.69) is 17.3 Å². The second kappa shape index (κ2) is 8.74. The van der Waals surface area contributed by atoms with Crippen LogP contribution in [0.2, 0.25) is 0 Å². The van der Waals surface area contributed by atoms with Gasteiger partial charge in [0.2, 0.25) is 0 Å². The van der Waals surface area contributed by atoms with Gasteiger partial charge in [0.25, 0.3) is 5.91 Å². The van der Waals surface area contributed by atoms with Crippen molar-refractivity contribution in [1.29, 1.82) is 0 Å². The number of aryl methyl sites for hydroxylation is 2. The number of carbonyl (C=O) groups excluding carboxylic acids is 1. The van der Waals surface area contributed by atoms with Crippen LogP contribution in [0.1, 0.15) is 51.1 Å². The fraction of sp³-hybridized carbons (Fsp3) is 0.320. The van der Waals surface area contributed by atoms with Crippen LogP contribution in [-0.2, 0) is 6.61 Å². The van der Waals surface area contributed by atoms with Crippen molar-refractivity contribution in [2.24, 2.45) is 0 Å². The molecular weight excluding hydrogens is 422 g/mol. The van der Waals surface area contributed by atoms with E-state index in [0.717, 1.165) is 46.9 Å². The number of carbonyl (C=O) groups is 1. The number of thiazole rings is 1. The largest absolute Gasteiger partial charge is 0.489 e. The second-order valence-corrected chi connectivity index (χ2v) is 9.29. The van der Waals surface area contributed by atoms with E-state index in [0.29, 0.717) is 30.4 Å². The lowest BCUT2D eigenvalue weighted by Crippen LogP contribution is -2.39. The van der Waals surface area contributed by atoms with E-state index < -0.39 is 0 Å². The third-order valence-corrected chi connectivity index (χ3v) is 7.23. The van der Waals surface area contributed by atoms with Crippen molar-refractivity contribution in [3.8, 4) is 5.75 Å². The van der Waals surface area contributed by atoms with Crippen LogP contribution in [0.4, 0.5) is 0 Å². The number of nitrogens with zero attached hydrogens (tertiary/aromatic N) is 3. The predicted molar refractivity (Wildman–Crippen MR) is 124 cm³/mol. The van der Waals surface area contributed by atoms with E-state index in [4.69, 9.17) is 14.2 Å². The Kier molecular flexibility index (Phi) is 5.66.